The number of benzene rings is 2. The van der Waals surface area contributed by atoms with Crippen molar-refractivity contribution in [3.8, 4) is 0 Å². The van der Waals surface area contributed by atoms with E-state index in [1.54, 1.807) is 37.4 Å². The van der Waals surface area contributed by atoms with Gasteiger partial charge in [-0.2, -0.15) is 0 Å². The molecule has 0 aromatic heterocycles. The van der Waals surface area contributed by atoms with Gasteiger partial charge < -0.3 is 4.90 Å². The van der Waals surface area contributed by atoms with E-state index in [2.05, 4.69) is 10.6 Å². The number of imide groups is 1. The van der Waals surface area contributed by atoms with E-state index in [0.29, 0.717) is 11.3 Å². The minimum atomic E-state index is -0.564. The third kappa shape index (κ3) is 3.80. The van der Waals surface area contributed by atoms with E-state index in [4.69, 9.17) is 0 Å². The normalized spacial score (nSPS) is 26.7. The lowest BCUT2D eigenvalue weighted by atomic mass is 9.96. The second kappa shape index (κ2) is 8.33. The van der Waals surface area contributed by atoms with Crippen LogP contribution in [0.3, 0.4) is 0 Å². The number of hydrogen-bond acceptors (Lipinski definition) is 5. The van der Waals surface area contributed by atoms with E-state index >= 15 is 0 Å². The van der Waals surface area contributed by atoms with Crippen LogP contribution in [0.4, 0.5) is 13.6 Å². The molecular formula is C21H22F2N4O2S. The molecule has 3 amide bonds. The van der Waals surface area contributed by atoms with Crippen LogP contribution in [0.25, 0.3) is 0 Å². The van der Waals surface area contributed by atoms with E-state index < -0.39 is 29.7 Å². The molecule has 30 heavy (non-hydrogen) atoms. The minimum absolute atomic E-state index is 0.299. The van der Waals surface area contributed by atoms with Crippen molar-refractivity contribution < 1.29 is 18.4 Å². The van der Waals surface area contributed by atoms with Gasteiger partial charge in [-0.05, 0) is 29.3 Å². The smallest absolute Gasteiger partial charge is 0.311 e. The molecule has 4 unspecified atom stereocenters. The highest BCUT2D eigenvalue weighted by molar-refractivity contribution is 7.99. The number of rotatable bonds is 4. The molecule has 9 heteroatoms. The average Bonchev–Trinajstić information content (AvgIpc) is 2.75. The van der Waals surface area contributed by atoms with Crippen molar-refractivity contribution >= 4 is 23.7 Å². The second-order valence-electron chi connectivity index (χ2n) is 7.40. The van der Waals surface area contributed by atoms with Gasteiger partial charge >= 0.3 is 6.03 Å². The summed E-state index contributed by atoms with van der Waals surface area (Å²) in [6.45, 7) is 0. The Morgan fingerprint density at radius 1 is 1.00 bits per heavy atom. The van der Waals surface area contributed by atoms with Gasteiger partial charge in [-0.3, -0.25) is 20.3 Å². The number of halogens is 2. The zero-order chi connectivity index (χ0) is 21.4. The molecule has 2 aromatic rings. The lowest BCUT2D eigenvalue weighted by Gasteiger charge is -2.50. The molecule has 0 saturated carbocycles. The number of urea groups is 1. The molecule has 0 bridgehead atoms. The first-order chi connectivity index (χ1) is 14.4. The van der Waals surface area contributed by atoms with Gasteiger partial charge in [-0.1, -0.05) is 30.3 Å². The van der Waals surface area contributed by atoms with Crippen molar-refractivity contribution in [2.75, 3.05) is 14.1 Å². The maximum absolute atomic E-state index is 14.1. The first-order valence-electron chi connectivity index (χ1n) is 9.54. The Kier molecular flexibility index (Phi) is 5.77. The van der Waals surface area contributed by atoms with E-state index in [1.807, 2.05) is 0 Å². The third-order valence-corrected chi connectivity index (χ3v) is 6.80. The highest BCUT2D eigenvalue weighted by atomic mass is 32.2. The van der Waals surface area contributed by atoms with E-state index in [1.165, 1.54) is 41.9 Å². The summed E-state index contributed by atoms with van der Waals surface area (Å²) in [5.74, 6) is -1.15. The number of nitrogens with zero attached hydrogens (tertiary/aromatic N) is 2. The molecule has 4 atom stereocenters. The molecule has 2 N–H and O–H groups in total. The van der Waals surface area contributed by atoms with E-state index in [9.17, 15) is 18.4 Å². The van der Waals surface area contributed by atoms with E-state index in [-0.39, 0.29) is 17.5 Å². The summed E-state index contributed by atoms with van der Waals surface area (Å²) in [6, 6.07) is 12.1. The zero-order valence-electron chi connectivity index (χ0n) is 16.5. The SMILES string of the molecule is CN1C(=O)C2C(SCc3ccccc3F)NC(c3ccc(F)cc3)NC2N(C)C1=O. The molecule has 0 radical (unpaired) electrons. The van der Waals surface area contributed by atoms with Crippen LogP contribution < -0.4 is 10.6 Å². The van der Waals surface area contributed by atoms with Crippen molar-refractivity contribution in [1.82, 2.24) is 20.4 Å². The predicted molar refractivity (Wildman–Crippen MR) is 110 cm³/mol. The quantitative estimate of drug-likeness (QED) is 0.778. The number of carbonyl (C=O) groups is 2. The lowest BCUT2D eigenvalue weighted by molar-refractivity contribution is -0.140. The number of carbonyl (C=O) groups excluding carboxylic acids is 2. The maximum atomic E-state index is 14.1. The Hall–Kier alpha value is -2.49. The molecule has 0 aliphatic carbocycles. The average molecular weight is 432 g/mol. The molecule has 2 heterocycles. The van der Waals surface area contributed by atoms with Crippen LogP contribution in [0.5, 0.6) is 0 Å². The van der Waals surface area contributed by atoms with Crippen molar-refractivity contribution in [2.45, 2.75) is 23.5 Å². The van der Waals surface area contributed by atoms with Crippen molar-refractivity contribution in [3.05, 3.63) is 71.3 Å². The number of fused-ring (bicyclic) bond motifs is 1. The van der Waals surface area contributed by atoms with Gasteiger partial charge in [0.2, 0.25) is 5.91 Å². The van der Waals surface area contributed by atoms with Crippen molar-refractivity contribution in [3.63, 3.8) is 0 Å². The summed E-state index contributed by atoms with van der Waals surface area (Å²) in [6.07, 6.45) is -0.952. The van der Waals surface area contributed by atoms with Gasteiger partial charge in [-0.15, -0.1) is 11.8 Å². The molecule has 2 aliphatic heterocycles. The predicted octanol–water partition coefficient (Wildman–Crippen LogP) is 2.88. The fourth-order valence-corrected chi connectivity index (χ4v) is 5.14. The van der Waals surface area contributed by atoms with Gasteiger partial charge in [0, 0.05) is 19.8 Å². The fraction of sp³-hybridized carbons (Fsp3) is 0.333. The topological polar surface area (TPSA) is 64.7 Å². The molecule has 4 rings (SSSR count). The Morgan fingerprint density at radius 2 is 1.70 bits per heavy atom. The number of nitrogens with one attached hydrogen (secondary N) is 2. The molecule has 2 fully saturated rings. The highest BCUT2D eigenvalue weighted by Gasteiger charge is 2.51. The zero-order valence-corrected chi connectivity index (χ0v) is 17.3. The summed E-state index contributed by atoms with van der Waals surface area (Å²) in [4.78, 5) is 28.0. The molecule has 2 aromatic carbocycles. The van der Waals surface area contributed by atoms with Crippen LogP contribution in [0.2, 0.25) is 0 Å². The molecule has 0 spiro atoms. The highest BCUT2D eigenvalue weighted by Crippen LogP contribution is 2.35. The molecule has 6 nitrogen and oxygen atoms in total. The maximum Gasteiger partial charge on any atom is 0.327 e. The Morgan fingerprint density at radius 3 is 2.40 bits per heavy atom. The van der Waals surface area contributed by atoms with Gasteiger partial charge in [0.1, 0.15) is 11.6 Å². The summed E-state index contributed by atoms with van der Waals surface area (Å²) in [5.41, 5.74) is 1.32. The van der Waals surface area contributed by atoms with Crippen molar-refractivity contribution in [2.24, 2.45) is 5.92 Å². The van der Waals surface area contributed by atoms with Crippen LogP contribution in [0, 0.1) is 17.6 Å². The molecule has 158 valence electrons. The number of amides is 3. The number of thioether (sulfide) groups is 1. The first kappa shape index (κ1) is 20.8. The number of hydrogen-bond donors (Lipinski definition) is 2. The second-order valence-corrected chi connectivity index (χ2v) is 8.53. The standard InChI is InChI=1S/C21H22F2N4O2S/c1-26-18-16(20(28)27(2)21(26)29)19(30-11-13-5-3-4-6-15(13)23)25-17(24-18)12-7-9-14(22)10-8-12/h3-10,16-19,24-25H,11H2,1-2H3. The largest absolute Gasteiger partial charge is 0.327 e. The molecule has 2 aliphatic rings. The fourth-order valence-electron chi connectivity index (χ4n) is 3.84. The van der Waals surface area contributed by atoms with Gasteiger partial charge in [0.05, 0.1) is 23.6 Å². The summed E-state index contributed by atoms with van der Waals surface area (Å²) in [5, 5.41) is 6.29. The van der Waals surface area contributed by atoms with E-state index in [0.717, 1.165) is 10.5 Å². The summed E-state index contributed by atoms with van der Waals surface area (Å²) in [7, 11) is 3.10. The molecular weight excluding hydrogens is 410 g/mol. The Balaban J connectivity index is 1.63. The van der Waals surface area contributed by atoms with Gasteiger partial charge in [0.15, 0.2) is 0 Å². The molecule has 2 saturated heterocycles. The van der Waals surface area contributed by atoms with Crippen LogP contribution in [0.1, 0.15) is 17.3 Å². The van der Waals surface area contributed by atoms with Crippen LogP contribution in [-0.2, 0) is 10.5 Å². The van der Waals surface area contributed by atoms with Crippen molar-refractivity contribution in [1.29, 1.82) is 0 Å². The third-order valence-electron chi connectivity index (χ3n) is 5.54. The summed E-state index contributed by atoms with van der Waals surface area (Å²) < 4.78 is 27.5. The lowest BCUT2D eigenvalue weighted by Crippen LogP contribution is -2.72. The first-order valence-corrected chi connectivity index (χ1v) is 10.6. The van der Waals surface area contributed by atoms with Crippen LogP contribution in [0.15, 0.2) is 48.5 Å². The van der Waals surface area contributed by atoms with Gasteiger partial charge in [-0.25, -0.2) is 13.6 Å². The summed E-state index contributed by atoms with van der Waals surface area (Å²) >= 11 is 1.41. The minimum Gasteiger partial charge on any atom is -0.311 e. The monoisotopic (exact) mass is 432 g/mol. The van der Waals surface area contributed by atoms with Crippen LogP contribution in [-0.4, -0.2) is 47.4 Å². The van der Waals surface area contributed by atoms with Gasteiger partial charge in [0.25, 0.3) is 0 Å². The Labute approximate surface area is 177 Å². The Bertz CT molecular complexity index is 958. The van der Waals surface area contributed by atoms with Crippen LogP contribution >= 0.6 is 11.8 Å².